The van der Waals surface area contributed by atoms with Crippen molar-refractivity contribution in [2.45, 2.75) is 26.2 Å². The summed E-state index contributed by atoms with van der Waals surface area (Å²) in [6.07, 6.45) is 0. The molecule has 0 saturated heterocycles. The van der Waals surface area contributed by atoms with Gasteiger partial charge in [-0.05, 0) is 40.8 Å². The Morgan fingerprint density at radius 3 is 2.23 bits per heavy atom. The first kappa shape index (κ1) is 19.7. The van der Waals surface area contributed by atoms with Gasteiger partial charge in [0.2, 0.25) is 5.82 Å². The molecule has 0 bridgehead atoms. The van der Waals surface area contributed by atoms with Crippen LogP contribution in [0.5, 0.6) is 11.5 Å². The van der Waals surface area contributed by atoms with Crippen LogP contribution in [0, 0.1) is 0 Å². The number of ether oxygens (including phenoxy) is 1. The number of nitrogens with zero attached hydrogens (tertiary/aromatic N) is 2. The summed E-state index contributed by atoms with van der Waals surface area (Å²) in [6.45, 7) is 6.40. The fourth-order valence-electron chi connectivity index (χ4n) is 3.34. The van der Waals surface area contributed by atoms with Crippen LogP contribution in [0.3, 0.4) is 0 Å². The number of phenols is 1. The summed E-state index contributed by atoms with van der Waals surface area (Å²) >= 11 is 0. The zero-order chi connectivity index (χ0) is 21.3. The minimum Gasteiger partial charge on any atom is -0.507 e. The highest BCUT2D eigenvalue weighted by Gasteiger charge is 2.23. The molecule has 0 fully saturated rings. The van der Waals surface area contributed by atoms with Crippen LogP contribution >= 0.6 is 0 Å². The van der Waals surface area contributed by atoms with E-state index in [4.69, 9.17) is 9.26 Å². The van der Waals surface area contributed by atoms with Gasteiger partial charge in [0, 0.05) is 5.56 Å². The highest BCUT2D eigenvalue weighted by Crippen LogP contribution is 2.41. The summed E-state index contributed by atoms with van der Waals surface area (Å²) in [5.74, 6) is 1.44. The molecule has 0 aliphatic carbocycles. The van der Waals surface area contributed by atoms with Gasteiger partial charge in [0.1, 0.15) is 11.5 Å². The van der Waals surface area contributed by atoms with Crippen LogP contribution in [0.15, 0.2) is 71.3 Å². The van der Waals surface area contributed by atoms with Crippen LogP contribution in [-0.2, 0) is 5.41 Å². The predicted octanol–water partition coefficient (Wildman–Crippen LogP) is 6.08. The molecule has 1 heterocycles. The second-order valence-corrected chi connectivity index (χ2v) is 8.16. The zero-order valence-electron chi connectivity index (χ0n) is 17.5. The molecule has 5 heteroatoms. The highest BCUT2D eigenvalue weighted by molar-refractivity contribution is 5.81. The first-order valence-electron chi connectivity index (χ1n) is 9.79. The lowest BCUT2D eigenvalue weighted by atomic mass is 9.83. The third-order valence-corrected chi connectivity index (χ3v) is 5.07. The van der Waals surface area contributed by atoms with Gasteiger partial charge >= 0.3 is 0 Å². The number of phenolic OH excluding ortho intramolecular Hbond substituents is 1. The molecule has 0 amide bonds. The quantitative estimate of drug-likeness (QED) is 0.449. The molecule has 0 radical (unpaired) electrons. The predicted molar refractivity (Wildman–Crippen MR) is 118 cm³/mol. The summed E-state index contributed by atoms with van der Waals surface area (Å²) in [5.41, 5.74) is 3.84. The minimum atomic E-state index is -0.124. The number of aromatic nitrogens is 2. The maximum Gasteiger partial charge on any atom is 0.262 e. The monoisotopic (exact) mass is 400 g/mol. The third kappa shape index (κ3) is 3.66. The number of hydrogen-bond acceptors (Lipinski definition) is 5. The second-order valence-electron chi connectivity index (χ2n) is 8.16. The third-order valence-electron chi connectivity index (χ3n) is 5.07. The molecule has 4 rings (SSSR count). The highest BCUT2D eigenvalue weighted by atomic mass is 16.5. The Balaban J connectivity index is 1.88. The van der Waals surface area contributed by atoms with Gasteiger partial charge in [-0.15, -0.1) is 0 Å². The number of rotatable bonds is 4. The van der Waals surface area contributed by atoms with Gasteiger partial charge in [-0.2, -0.15) is 4.98 Å². The molecule has 1 aromatic heterocycles. The SMILES string of the molecule is COc1ccccc1-c1nc(-c2cc(C(C)(C)C)cc(-c3ccccc3)c2O)no1. The summed E-state index contributed by atoms with van der Waals surface area (Å²) in [6, 6.07) is 21.2. The van der Waals surface area contributed by atoms with Crippen molar-refractivity contribution < 1.29 is 14.4 Å². The molecule has 152 valence electrons. The summed E-state index contributed by atoms with van der Waals surface area (Å²) in [7, 11) is 1.60. The van der Waals surface area contributed by atoms with Crippen LogP contribution in [0.25, 0.3) is 34.0 Å². The number of hydrogen-bond donors (Lipinski definition) is 1. The van der Waals surface area contributed by atoms with Crippen molar-refractivity contribution >= 4 is 0 Å². The van der Waals surface area contributed by atoms with Crippen molar-refractivity contribution in [1.29, 1.82) is 0 Å². The number of aromatic hydroxyl groups is 1. The first-order chi connectivity index (χ1) is 14.4. The van der Waals surface area contributed by atoms with E-state index in [1.807, 2.05) is 66.7 Å². The van der Waals surface area contributed by atoms with Gasteiger partial charge in [0.15, 0.2) is 0 Å². The molecular formula is C25H24N2O3. The lowest BCUT2D eigenvalue weighted by Crippen LogP contribution is -2.11. The molecule has 4 aromatic rings. The fraction of sp³-hybridized carbons (Fsp3) is 0.200. The number of benzene rings is 3. The average Bonchev–Trinajstić information content (AvgIpc) is 3.23. The zero-order valence-corrected chi connectivity index (χ0v) is 17.5. The van der Waals surface area contributed by atoms with E-state index in [1.165, 1.54) is 0 Å². The van der Waals surface area contributed by atoms with E-state index in [0.717, 1.165) is 16.7 Å². The van der Waals surface area contributed by atoms with Crippen molar-refractivity contribution in [2.75, 3.05) is 7.11 Å². The first-order valence-corrected chi connectivity index (χ1v) is 9.79. The van der Waals surface area contributed by atoms with E-state index in [-0.39, 0.29) is 11.2 Å². The van der Waals surface area contributed by atoms with Crippen LogP contribution in [0.2, 0.25) is 0 Å². The van der Waals surface area contributed by atoms with E-state index in [9.17, 15) is 5.11 Å². The van der Waals surface area contributed by atoms with Crippen LogP contribution in [-0.4, -0.2) is 22.4 Å². The molecule has 0 unspecified atom stereocenters. The number of methoxy groups -OCH3 is 1. The molecule has 0 atom stereocenters. The summed E-state index contributed by atoms with van der Waals surface area (Å²) in [4.78, 5) is 4.56. The van der Waals surface area contributed by atoms with Crippen LogP contribution in [0.1, 0.15) is 26.3 Å². The van der Waals surface area contributed by atoms with Gasteiger partial charge < -0.3 is 14.4 Å². The minimum absolute atomic E-state index is 0.124. The Hall–Kier alpha value is -3.60. The normalized spacial score (nSPS) is 11.5. The topological polar surface area (TPSA) is 68.4 Å². The summed E-state index contributed by atoms with van der Waals surface area (Å²) < 4.78 is 10.9. The lowest BCUT2D eigenvalue weighted by molar-refractivity contribution is 0.405. The maximum atomic E-state index is 11.1. The molecule has 30 heavy (non-hydrogen) atoms. The second kappa shape index (κ2) is 7.67. The molecular weight excluding hydrogens is 376 g/mol. The molecule has 5 nitrogen and oxygen atoms in total. The molecule has 0 saturated carbocycles. The standard InChI is InChI=1S/C25H24N2O3/c1-25(2,3)17-14-19(16-10-6-5-7-11-16)22(28)20(15-17)23-26-24(30-27-23)18-12-8-9-13-21(18)29-4/h5-15,28H,1-4H3. The fourth-order valence-corrected chi connectivity index (χ4v) is 3.34. The van der Waals surface area contributed by atoms with E-state index in [2.05, 4.69) is 30.9 Å². The molecule has 3 aromatic carbocycles. The van der Waals surface area contributed by atoms with Crippen molar-refractivity contribution in [3.05, 3.63) is 72.3 Å². The van der Waals surface area contributed by atoms with E-state index in [0.29, 0.717) is 28.6 Å². The number of para-hydroxylation sites is 1. The Kier molecular flexibility index (Phi) is 5.04. The van der Waals surface area contributed by atoms with Crippen LogP contribution in [0.4, 0.5) is 0 Å². The van der Waals surface area contributed by atoms with Crippen molar-refractivity contribution in [1.82, 2.24) is 10.1 Å². The Morgan fingerprint density at radius 2 is 1.53 bits per heavy atom. The van der Waals surface area contributed by atoms with Gasteiger partial charge in [-0.25, -0.2) is 0 Å². The Labute approximate surface area is 176 Å². The maximum absolute atomic E-state index is 11.1. The van der Waals surface area contributed by atoms with Crippen molar-refractivity contribution in [2.24, 2.45) is 0 Å². The van der Waals surface area contributed by atoms with Crippen LogP contribution < -0.4 is 4.74 Å². The Bertz CT molecular complexity index is 1170. The molecule has 0 aliphatic heterocycles. The van der Waals surface area contributed by atoms with Crippen molar-refractivity contribution in [3.63, 3.8) is 0 Å². The smallest absolute Gasteiger partial charge is 0.262 e. The van der Waals surface area contributed by atoms with Gasteiger partial charge in [-0.3, -0.25) is 0 Å². The van der Waals surface area contributed by atoms with Crippen molar-refractivity contribution in [3.8, 4) is 45.5 Å². The van der Waals surface area contributed by atoms with Gasteiger partial charge in [0.05, 0.1) is 18.2 Å². The van der Waals surface area contributed by atoms with E-state index < -0.39 is 0 Å². The molecule has 1 N–H and O–H groups in total. The largest absolute Gasteiger partial charge is 0.507 e. The molecule has 0 spiro atoms. The molecule has 0 aliphatic rings. The summed E-state index contributed by atoms with van der Waals surface area (Å²) in [5, 5.41) is 15.3. The average molecular weight is 400 g/mol. The van der Waals surface area contributed by atoms with E-state index >= 15 is 0 Å². The van der Waals surface area contributed by atoms with Gasteiger partial charge in [-0.1, -0.05) is 68.4 Å². The Morgan fingerprint density at radius 1 is 0.867 bits per heavy atom. The van der Waals surface area contributed by atoms with Gasteiger partial charge in [0.25, 0.3) is 5.89 Å². The lowest BCUT2D eigenvalue weighted by Gasteiger charge is -2.22. The van der Waals surface area contributed by atoms with E-state index in [1.54, 1.807) is 7.11 Å².